The molecule has 22 heavy (non-hydrogen) atoms. The Morgan fingerprint density at radius 3 is 2.50 bits per heavy atom. The van der Waals surface area contributed by atoms with Crippen molar-refractivity contribution in [2.24, 2.45) is 0 Å². The average Bonchev–Trinajstić information content (AvgIpc) is 2.46. The fraction of sp³-hybridized carbons (Fsp3) is 0.200. The molecule has 0 aliphatic heterocycles. The van der Waals surface area contributed by atoms with Gasteiger partial charge in [-0.25, -0.2) is 4.98 Å². The van der Waals surface area contributed by atoms with Crippen LogP contribution in [0.5, 0.6) is 0 Å². The second-order valence-electron chi connectivity index (χ2n) is 4.69. The van der Waals surface area contributed by atoms with Crippen LogP contribution in [0.4, 0.5) is 0 Å². The number of nitrogens with zero attached hydrogens (tertiary/aromatic N) is 2. The predicted molar refractivity (Wildman–Crippen MR) is 82.8 cm³/mol. The van der Waals surface area contributed by atoms with Gasteiger partial charge in [0.25, 0.3) is 15.7 Å². The highest BCUT2D eigenvalue weighted by atomic mass is 32.2. The zero-order chi connectivity index (χ0) is 16.3. The van der Waals surface area contributed by atoms with Crippen molar-refractivity contribution in [2.75, 3.05) is 0 Å². The first-order valence-electron chi connectivity index (χ1n) is 6.38. The summed E-state index contributed by atoms with van der Waals surface area (Å²) < 4.78 is 32.5. The number of hydrogen-bond acceptors (Lipinski definition) is 4. The Hall–Kier alpha value is -2.43. The minimum atomic E-state index is -4.29. The summed E-state index contributed by atoms with van der Waals surface area (Å²) in [7, 11) is -4.29. The Morgan fingerprint density at radius 2 is 1.95 bits per heavy atom. The molecule has 1 heterocycles. The van der Waals surface area contributed by atoms with E-state index in [2.05, 4.69) is 10.9 Å². The third kappa shape index (κ3) is 3.42. The van der Waals surface area contributed by atoms with Gasteiger partial charge in [0.2, 0.25) is 0 Å². The van der Waals surface area contributed by atoms with Crippen LogP contribution in [0.25, 0.3) is 11.4 Å². The van der Waals surface area contributed by atoms with E-state index in [4.69, 9.17) is 11.0 Å². The second-order valence-corrected chi connectivity index (χ2v) is 6.15. The maximum atomic E-state index is 12.4. The average molecular weight is 318 g/mol. The van der Waals surface area contributed by atoms with Gasteiger partial charge in [0, 0.05) is 11.1 Å². The van der Waals surface area contributed by atoms with Crippen molar-refractivity contribution in [3.63, 3.8) is 0 Å². The van der Waals surface area contributed by atoms with Crippen LogP contribution < -0.4 is 5.56 Å². The standard InChI is InChI=1S/C15H14N2O4S/c1-3-9-17-14(12-7-5-4-6-8-12)16-13(10-22(19,20)21)11(2)15(17)18/h1,4-8H,9-10H2,2H3,(H,19,20,21). The van der Waals surface area contributed by atoms with E-state index in [1.807, 2.05) is 0 Å². The van der Waals surface area contributed by atoms with Gasteiger partial charge < -0.3 is 0 Å². The summed E-state index contributed by atoms with van der Waals surface area (Å²) in [4.78, 5) is 16.6. The van der Waals surface area contributed by atoms with E-state index >= 15 is 0 Å². The first-order valence-corrected chi connectivity index (χ1v) is 7.98. The van der Waals surface area contributed by atoms with E-state index in [-0.39, 0.29) is 23.6 Å². The van der Waals surface area contributed by atoms with Gasteiger partial charge in [-0.05, 0) is 6.92 Å². The van der Waals surface area contributed by atoms with Crippen LogP contribution in [-0.2, 0) is 22.4 Å². The zero-order valence-electron chi connectivity index (χ0n) is 11.9. The summed E-state index contributed by atoms with van der Waals surface area (Å²) in [6, 6.07) is 8.82. The van der Waals surface area contributed by atoms with Crippen LogP contribution >= 0.6 is 0 Å². The summed E-state index contributed by atoms with van der Waals surface area (Å²) in [5.74, 6) is 1.94. The van der Waals surface area contributed by atoms with Crippen molar-refractivity contribution in [2.45, 2.75) is 19.2 Å². The Bertz CT molecular complexity index is 894. The fourth-order valence-corrected chi connectivity index (χ4v) is 2.68. The minimum Gasteiger partial charge on any atom is -0.285 e. The lowest BCUT2D eigenvalue weighted by Gasteiger charge is -2.13. The monoisotopic (exact) mass is 318 g/mol. The lowest BCUT2D eigenvalue weighted by molar-refractivity contribution is 0.481. The van der Waals surface area contributed by atoms with Crippen molar-refractivity contribution in [1.29, 1.82) is 0 Å². The molecule has 0 saturated carbocycles. The highest BCUT2D eigenvalue weighted by Crippen LogP contribution is 2.17. The predicted octanol–water partition coefficient (Wildman–Crippen LogP) is 1.24. The maximum absolute atomic E-state index is 12.4. The summed E-state index contributed by atoms with van der Waals surface area (Å²) in [6.07, 6.45) is 5.29. The lowest BCUT2D eigenvalue weighted by Crippen LogP contribution is -2.27. The smallest absolute Gasteiger partial charge is 0.270 e. The van der Waals surface area contributed by atoms with Gasteiger partial charge >= 0.3 is 0 Å². The van der Waals surface area contributed by atoms with Crippen LogP contribution in [0.1, 0.15) is 11.3 Å². The van der Waals surface area contributed by atoms with Crippen LogP contribution in [0.15, 0.2) is 35.1 Å². The van der Waals surface area contributed by atoms with Gasteiger partial charge in [0.15, 0.2) is 0 Å². The quantitative estimate of drug-likeness (QED) is 0.677. The molecule has 0 saturated heterocycles. The molecular weight excluding hydrogens is 304 g/mol. The van der Waals surface area contributed by atoms with Gasteiger partial charge in [-0.15, -0.1) is 6.42 Å². The maximum Gasteiger partial charge on any atom is 0.270 e. The highest BCUT2D eigenvalue weighted by Gasteiger charge is 2.18. The number of rotatable bonds is 4. The Labute approximate surface area is 128 Å². The molecule has 2 rings (SSSR count). The highest BCUT2D eigenvalue weighted by molar-refractivity contribution is 7.85. The largest absolute Gasteiger partial charge is 0.285 e. The molecule has 7 heteroatoms. The molecule has 114 valence electrons. The number of terminal acetylenes is 1. The van der Waals surface area contributed by atoms with Gasteiger partial charge in [-0.2, -0.15) is 8.42 Å². The van der Waals surface area contributed by atoms with E-state index in [1.54, 1.807) is 30.3 Å². The summed E-state index contributed by atoms with van der Waals surface area (Å²) >= 11 is 0. The normalized spacial score (nSPS) is 11.1. The molecule has 0 amide bonds. The molecule has 0 fully saturated rings. The topological polar surface area (TPSA) is 89.3 Å². The summed E-state index contributed by atoms with van der Waals surface area (Å²) in [5, 5.41) is 0. The number of benzene rings is 1. The summed E-state index contributed by atoms with van der Waals surface area (Å²) in [6.45, 7) is 1.47. The van der Waals surface area contributed by atoms with E-state index < -0.39 is 21.4 Å². The van der Waals surface area contributed by atoms with E-state index in [0.717, 1.165) is 0 Å². The van der Waals surface area contributed by atoms with Gasteiger partial charge in [0.05, 0.1) is 12.2 Å². The Morgan fingerprint density at radius 1 is 1.32 bits per heavy atom. The zero-order valence-corrected chi connectivity index (χ0v) is 12.7. The minimum absolute atomic E-state index is 0.0135. The van der Waals surface area contributed by atoms with E-state index in [9.17, 15) is 13.2 Å². The molecule has 0 radical (unpaired) electrons. The molecule has 1 N–H and O–H groups in total. The van der Waals surface area contributed by atoms with Crippen molar-refractivity contribution >= 4 is 10.1 Å². The molecular formula is C15H14N2O4S. The van der Waals surface area contributed by atoms with Crippen molar-refractivity contribution in [3.05, 3.63) is 51.9 Å². The molecule has 0 bridgehead atoms. The molecule has 0 spiro atoms. The van der Waals surface area contributed by atoms with Gasteiger partial charge in [-0.1, -0.05) is 36.3 Å². The fourth-order valence-electron chi connectivity index (χ4n) is 2.05. The lowest BCUT2D eigenvalue weighted by atomic mass is 10.2. The molecule has 6 nitrogen and oxygen atoms in total. The Balaban J connectivity index is 2.75. The SMILES string of the molecule is C#CCn1c(-c2ccccc2)nc(CS(=O)(=O)O)c(C)c1=O. The van der Waals surface area contributed by atoms with Gasteiger partial charge in [-0.3, -0.25) is 13.9 Å². The first-order chi connectivity index (χ1) is 10.3. The van der Waals surface area contributed by atoms with Crippen LogP contribution in [0, 0.1) is 19.3 Å². The van der Waals surface area contributed by atoms with Crippen molar-refractivity contribution < 1.29 is 13.0 Å². The molecule has 0 atom stereocenters. The number of aromatic nitrogens is 2. The molecule has 1 aromatic heterocycles. The van der Waals surface area contributed by atoms with E-state index in [1.165, 1.54) is 11.5 Å². The molecule has 0 unspecified atom stereocenters. The summed E-state index contributed by atoms with van der Waals surface area (Å²) in [5.41, 5.74) is 0.365. The van der Waals surface area contributed by atoms with E-state index in [0.29, 0.717) is 5.56 Å². The van der Waals surface area contributed by atoms with Crippen LogP contribution in [0.3, 0.4) is 0 Å². The van der Waals surface area contributed by atoms with Crippen LogP contribution in [0.2, 0.25) is 0 Å². The molecule has 0 aliphatic rings. The molecule has 2 aromatic rings. The van der Waals surface area contributed by atoms with Crippen molar-refractivity contribution in [3.8, 4) is 23.7 Å². The Kier molecular flexibility index (Phi) is 4.45. The number of hydrogen-bond donors (Lipinski definition) is 1. The second kappa shape index (κ2) is 6.13. The molecule has 0 aliphatic carbocycles. The van der Waals surface area contributed by atoms with Gasteiger partial charge in [0.1, 0.15) is 11.6 Å². The van der Waals surface area contributed by atoms with Crippen LogP contribution in [-0.4, -0.2) is 22.5 Å². The third-order valence-corrected chi connectivity index (χ3v) is 3.73. The first kappa shape index (κ1) is 15.9. The molecule has 1 aromatic carbocycles. The van der Waals surface area contributed by atoms with Crippen molar-refractivity contribution in [1.82, 2.24) is 9.55 Å². The third-order valence-electron chi connectivity index (χ3n) is 3.10.